The molecule has 144 valence electrons. The summed E-state index contributed by atoms with van der Waals surface area (Å²) < 4.78 is 0. The molecule has 0 atom stereocenters. The van der Waals surface area contributed by atoms with Crippen LogP contribution in [0.2, 0.25) is 0 Å². The van der Waals surface area contributed by atoms with Crippen LogP contribution in [0.5, 0.6) is 0 Å². The van der Waals surface area contributed by atoms with Crippen LogP contribution in [0.15, 0.2) is 0 Å². The minimum Gasteiger partial charge on any atom is -0.662 e. The first-order valence-corrected chi connectivity index (χ1v) is 7.48. The topological polar surface area (TPSA) is 177 Å². The van der Waals surface area contributed by atoms with Crippen molar-refractivity contribution in [2.45, 2.75) is 38.5 Å². The second-order valence-electron chi connectivity index (χ2n) is 4.68. The van der Waals surface area contributed by atoms with E-state index in [0.717, 1.165) is 26.2 Å². The zero-order valence-corrected chi connectivity index (χ0v) is 15.1. The van der Waals surface area contributed by atoms with Gasteiger partial charge in [0.2, 0.25) is 0 Å². The van der Waals surface area contributed by atoms with E-state index in [4.69, 9.17) is 39.6 Å². The fourth-order valence-corrected chi connectivity index (χ4v) is 1.47. The van der Waals surface area contributed by atoms with Crippen LogP contribution in [0, 0.1) is 0 Å². The maximum absolute atomic E-state index is 9.10. The van der Waals surface area contributed by atoms with Gasteiger partial charge in [0.1, 0.15) is 0 Å². The van der Waals surface area contributed by atoms with E-state index in [9.17, 15) is 0 Å². The number of carboxylic acids is 4. The maximum Gasteiger partial charge on any atom is 2.00 e. The Morgan fingerprint density at radius 3 is 0.720 bits per heavy atom. The predicted octanol–water partition coefficient (Wildman–Crippen LogP) is 1.40. The molecule has 2 heterocycles. The van der Waals surface area contributed by atoms with Gasteiger partial charge in [-0.1, -0.05) is 38.5 Å². The number of nitrogens with zero attached hydrogens (tertiary/aromatic N) is 2. The third-order valence-corrected chi connectivity index (χ3v) is 2.63. The van der Waals surface area contributed by atoms with Crippen molar-refractivity contribution in [3.05, 3.63) is 10.6 Å². The molecule has 0 saturated carbocycles. The molecule has 2 aliphatic heterocycles. The number of carboxylic acid groups (broad SMARTS) is 4. The van der Waals surface area contributed by atoms with Crippen LogP contribution < -0.4 is 0 Å². The number of rotatable bonds is 0. The van der Waals surface area contributed by atoms with Crippen molar-refractivity contribution in [2.75, 3.05) is 26.2 Å². The van der Waals surface area contributed by atoms with E-state index in [2.05, 4.69) is 10.6 Å². The molecule has 0 spiro atoms. The van der Waals surface area contributed by atoms with Crippen molar-refractivity contribution >= 4 is 23.9 Å². The molecule has 4 N–H and O–H groups in total. The monoisotopic (exact) mass is 400 g/mol. The Morgan fingerprint density at radius 1 is 0.480 bits per heavy atom. The largest absolute Gasteiger partial charge is 2.00 e. The van der Waals surface area contributed by atoms with Gasteiger partial charge in [0.15, 0.2) is 0 Å². The van der Waals surface area contributed by atoms with Gasteiger partial charge in [-0.25, -0.2) is 19.2 Å². The molecule has 2 fully saturated rings. The first kappa shape index (κ1) is 28.1. The molecule has 2 saturated heterocycles. The minimum absolute atomic E-state index is 0. The van der Waals surface area contributed by atoms with Gasteiger partial charge in [0, 0.05) is 0 Å². The molecule has 0 radical (unpaired) electrons. The first-order valence-electron chi connectivity index (χ1n) is 7.48. The minimum atomic E-state index is -1.82. The number of carbonyl (C=O) groups is 4. The van der Waals surface area contributed by atoms with Crippen molar-refractivity contribution < 1.29 is 57.0 Å². The zero-order valence-electron chi connectivity index (χ0n) is 13.8. The zero-order chi connectivity index (χ0) is 18.8. The molecule has 2 aliphatic rings. The van der Waals surface area contributed by atoms with E-state index in [-0.39, 0.29) is 17.4 Å². The Bertz CT molecular complexity index is 302. The third kappa shape index (κ3) is 27.5. The van der Waals surface area contributed by atoms with E-state index in [1.807, 2.05) is 0 Å². The Kier molecular flexibility index (Phi) is 22.9. The predicted molar refractivity (Wildman–Crippen MR) is 84.4 cm³/mol. The Morgan fingerprint density at radius 2 is 0.680 bits per heavy atom. The smallest absolute Gasteiger partial charge is 0.662 e. The summed E-state index contributed by atoms with van der Waals surface area (Å²) in [7, 11) is 0. The van der Waals surface area contributed by atoms with Gasteiger partial charge in [-0.3, -0.25) is 0 Å². The van der Waals surface area contributed by atoms with Crippen LogP contribution >= 0.6 is 0 Å². The van der Waals surface area contributed by atoms with Gasteiger partial charge in [-0.2, -0.15) is 0 Å². The molecule has 10 nitrogen and oxygen atoms in total. The summed E-state index contributed by atoms with van der Waals surface area (Å²) in [6.45, 7) is 4.50. The van der Waals surface area contributed by atoms with Crippen molar-refractivity contribution in [3.8, 4) is 0 Å². The van der Waals surface area contributed by atoms with E-state index < -0.39 is 23.9 Å². The van der Waals surface area contributed by atoms with Gasteiger partial charge in [0.25, 0.3) is 0 Å². The summed E-state index contributed by atoms with van der Waals surface area (Å²) >= 11 is 0. The Balaban J connectivity index is -0.000000255. The number of piperidine rings is 2. The second-order valence-corrected chi connectivity index (χ2v) is 4.68. The van der Waals surface area contributed by atoms with Crippen molar-refractivity contribution in [2.24, 2.45) is 0 Å². The molecule has 0 aromatic carbocycles. The molecular formula is C14H24CrN2O8. The summed E-state index contributed by atoms with van der Waals surface area (Å²) in [5.41, 5.74) is 0. The average molecular weight is 400 g/mol. The van der Waals surface area contributed by atoms with Crippen LogP contribution in [-0.4, -0.2) is 70.5 Å². The summed E-state index contributed by atoms with van der Waals surface area (Å²) in [5, 5.41) is 37.9. The summed E-state index contributed by atoms with van der Waals surface area (Å²) in [6.07, 6.45) is 8.15. The van der Waals surface area contributed by atoms with E-state index in [1.165, 1.54) is 38.5 Å². The van der Waals surface area contributed by atoms with Gasteiger partial charge < -0.3 is 31.1 Å². The summed E-state index contributed by atoms with van der Waals surface area (Å²) in [6, 6.07) is 0. The fraction of sp³-hybridized carbons (Fsp3) is 0.714. The Hall–Kier alpha value is -1.67. The molecule has 0 aromatic heterocycles. The van der Waals surface area contributed by atoms with Crippen LogP contribution in [0.25, 0.3) is 10.6 Å². The van der Waals surface area contributed by atoms with Crippen molar-refractivity contribution in [1.82, 2.24) is 0 Å². The normalized spacial score (nSPS) is 15.0. The fourth-order valence-electron chi connectivity index (χ4n) is 1.47. The number of aliphatic carboxylic acids is 4. The Labute approximate surface area is 156 Å². The van der Waals surface area contributed by atoms with Gasteiger partial charge in [-0.15, -0.1) is 26.2 Å². The molecular weight excluding hydrogens is 376 g/mol. The molecule has 11 heteroatoms. The second kappa shape index (κ2) is 20.4. The van der Waals surface area contributed by atoms with E-state index in [0.29, 0.717) is 0 Å². The molecule has 2 rings (SSSR count). The molecule has 0 aliphatic carbocycles. The third-order valence-electron chi connectivity index (χ3n) is 2.63. The van der Waals surface area contributed by atoms with E-state index >= 15 is 0 Å². The molecule has 0 amide bonds. The molecule has 0 unspecified atom stereocenters. The van der Waals surface area contributed by atoms with Crippen molar-refractivity contribution in [1.29, 1.82) is 0 Å². The molecule has 0 bridgehead atoms. The number of hydrogen-bond acceptors (Lipinski definition) is 4. The van der Waals surface area contributed by atoms with Crippen LogP contribution in [0.3, 0.4) is 0 Å². The van der Waals surface area contributed by atoms with Gasteiger partial charge in [0.05, 0.1) is 0 Å². The van der Waals surface area contributed by atoms with Crippen molar-refractivity contribution in [3.63, 3.8) is 0 Å². The number of hydrogen-bond donors (Lipinski definition) is 4. The first-order chi connectivity index (χ1) is 11.3. The quantitative estimate of drug-likeness (QED) is 0.441. The maximum atomic E-state index is 9.10. The van der Waals surface area contributed by atoms with Crippen LogP contribution in [0.4, 0.5) is 0 Å². The van der Waals surface area contributed by atoms with Crippen LogP contribution in [-0.2, 0) is 36.5 Å². The average Bonchev–Trinajstić information content (AvgIpc) is 2.59. The summed E-state index contributed by atoms with van der Waals surface area (Å²) in [5.74, 6) is -7.30. The standard InChI is InChI=1S/2C5H10N.2C2H2O4.Cr/c2*1-2-4-6-5-3-1;2*3-1(4)2(5)6;/h2*1-5H2;2*(H,3,4)(H,5,6);/q2*-1;;;+2. The van der Waals surface area contributed by atoms with Gasteiger partial charge >= 0.3 is 41.2 Å². The SMILES string of the molecule is C1CC[N-]CC1.C1CC[N-]CC1.O=C(O)C(=O)O.O=C(O)C(=O)O.[Cr+2]. The van der Waals surface area contributed by atoms with Gasteiger partial charge in [-0.05, 0) is 0 Å². The van der Waals surface area contributed by atoms with E-state index in [1.54, 1.807) is 0 Å². The molecule has 0 aromatic rings. The molecule has 25 heavy (non-hydrogen) atoms. The van der Waals surface area contributed by atoms with Crippen LogP contribution in [0.1, 0.15) is 38.5 Å². The summed E-state index contributed by atoms with van der Waals surface area (Å²) in [4.78, 5) is 36.4.